The Balaban J connectivity index is 3.34. The third kappa shape index (κ3) is 7.44. The fraction of sp³-hybridized carbons (Fsp3) is 1.00. The van der Waals surface area contributed by atoms with Gasteiger partial charge in [0.25, 0.3) is 0 Å². The second-order valence-corrected chi connectivity index (χ2v) is 3.95. The summed E-state index contributed by atoms with van der Waals surface area (Å²) in [7, 11) is -1.09. The minimum atomic E-state index is -1.09. The molecule has 0 aromatic heterocycles. The van der Waals surface area contributed by atoms with E-state index in [1.807, 2.05) is 13.8 Å². The zero-order chi connectivity index (χ0) is 9.23. The first-order valence-electron chi connectivity index (χ1n) is 4.10. The largest absolute Gasteiger partial charge is 0.332 e. The van der Waals surface area contributed by atoms with Gasteiger partial charge in [-0.2, -0.15) is 0 Å². The van der Waals surface area contributed by atoms with Crippen molar-refractivity contribution in [1.29, 1.82) is 0 Å². The molecule has 0 rings (SSSR count). The Morgan fingerprint density at radius 3 is 2.08 bits per heavy atom. The Kier molecular flexibility index (Phi) is 10.5. The smallest absolute Gasteiger partial charge is 0.313 e. The van der Waals surface area contributed by atoms with Gasteiger partial charge in [0.05, 0.1) is 19.8 Å². The topological polar surface area (TPSA) is 27.7 Å². The highest BCUT2D eigenvalue weighted by Gasteiger charge is 2.09. The minimum Gasteiger partial charge on any atom is -0.313 e. The van der Waals surface area contributed by atoms with Crippen LogP contribution in [0, 0.1) is 0 Å². The van der Waals surface area contributed by atoms with Crippen molar-refractivity contribution >= 4 is 24.5 Å². The fourth-order valence-corrected chi connectivity index (χ4v) is 1.67. The second-order valence-electron chi connectivity index (χ2n) is 1.93. The number of hydrogen-bond donors (Lipinski definition) is 0. The van der Waals surface area contributed by atoms with Crippen LogP contribution in [0.3, 0.4) is 0 Å². The summed E-state index contributed by atoms with van der Waals surface area (Å²) in [6.45, 7) is 5.83. The van der Waals surface area contributed by atoms with Crippen molar-refractivity contribution in [2.24, 2.45) is 0 Å². The molecule has 0 aliphatic rings. The van der Waals surface area contributed by atoms with Gasteiger partial charge in [-0.3, -0.25) is 0 Å². The molecule has 0 unspecified atom stereocenters. The summed E-state index contributed by atoms with van der Waals surface area (Å²) in [5, 5.41) is 0.953. The molecule has 0 radical (unpaired) electrons. The van der Waals surface area contributed by atoms with Crippen molar-refractivity contribution in [1.82, 2.24) is 0 Å². The van der Waals surface area contributed by atoms with E-state index in [9.17, 15) is 0 Å². The molecular weight excluding hydrogens is 243 g/mol. The third-order valence-corrected chi connectivity index (χ3v) is 2.84. The number of hydrogen-bond acceptors (Lipinski definition) is 3. The van der Waals surface area contributed by atoms with Crippen LogP contribution in [0.5, 0.6) is 0 Å². The van der Waals surface area contributed by atoms with Gasteiger partial charge >= 0.3 is 8.60 Å². The van der Waals surface area contributed by atoms with Crippen LogP contribution in [0.1, 0.15) is 20.3 Å². The Bertz CT molecular complexity index is 88.7. The summed E-state index contributed by atoms with van der Waals surface area (Å²) in [6, 6.07) is 0. The average Bonchev–Trinajstić information content (AvgIpc) is 2.06. The van der Waals surface area contributed by atoms with E-state index < -0.39 is 8.60 Å². The molecule has 0 amide bonds. The van der Waals surface area contributed by atoms with Gasteiger partial charge in [0.2, 0.25) is 0 Å². The quantitative estimate of drug-likeness (QED) is 0.381. The minimum absolute atomic E-state index is 0.639. The molecule has 0 spiro atoms. The molecule has 5 heteroatoms. The molecule has 0 N–H and O–H groups in total. The predicted molar refractivity (Wildman–Crippen MR) is 54.5 cm³/mol. The molecule has 0 aliphatic carbocycles. The second kappa shape index (κ2) is 9.87. The lowest BCUT2D eigenvalue weighted by Gasteiger charge is -2.13. The molecule has 0 aromatic rings. The van der Waals surface area contributed by atoms with E-state index in [2.05, 4.69) is 15.9 Å². The van der Waals surface area contributed by atoms with Crippen LogP contribution in [-0.4, -0.2) is 25.2 Å². The molecule has 0 aromatic carbocycles. The van der Waals surface area contributed by atoms with E-state index in [4.69, 9.17) is 13.6 Å². The normalized spacial score (nSPS) is 11.0. The van der Waals surface area contributed by atoms with Crippen LogP contribution >= 0.6 is 24.5 Å². The highest BCUT2D eigenvalue weighted by atomic mass is 79.9. The van der Waals surface area contributed by atoms with Crippen LogP contribution in [0.25, 0.3) is 0 Å². The van der Waals surface area contributed by atoms with Gasteiger partial charge in [0.15, 0.2) is 0 Å². The van der Waals surface area contributed by atoms with Crippen molar-refractivity contribution in [2.45, 2.75) is 20.3 Å². The molecule has 74 valence electrons. The summed E-state index contributed by atoms with van der Waals surface area (Å²) in [6.07, 6.45) is 0.985. The third-order valence-electron chi connectivity index (χ3n) is 0.944. The van der Waals surface area contributed by atoms with Gasteiger partial charge in [0, 0.05) is 5.33 Å². The molecule has 0 aliphatic heterocycles. The zero-order valence-electron chi connectivity index (χ0n) is 7.59. The fourth-order valence-electron chi connectivity index (χ4n) is 0.516. The van der Waals surface area contributed by atoms with Crippen LogP contribution in [0.15, 0.2) is 0 Å². The van der Waals surface area contributed by atoms with Crippen molar-refractivity contribution in [3.8, 4) is 0 Å². The van der Waals surface area contributed by atoms with E-state index in [0.717, 1.165) is 11.8 Å². The Morgan fingerprint density at radius 2 is 1.67 bits per heavy atom. The number of alkyl halides is 1. The molecule has 0 fully saturated rings. The van der Waals surface area contributed by atoms with Gasteiger partial charge in [-0.1, -0.05) is 15.9 Å². The maximum absolute atomic E-state index is 5.35. The highest BCUT2D eigenvalue weighted by Crippen LogP contribution is 2.39. The number of rotatable bonds is 8. The van der Waals surface area contributed by atoms with E-state index in [1.54, 1.807) is 0 Å². The van der Waals surface area contributed by atoms with Gasteiger partial charge in [-0.05, 0) is 20.3 Å². The monoisotopic (exact) mass is 258 g/mol. The summed E-state index contributed by atoms with van der Waals surface area (Å²) >= 11 is 3.32. The first-order valence-corrected chi connectivity index (χ1v) is 6.31. The first kappa shape index (κ1) is 12.8. The van der Waals surface area contributed by atoms with Gasteiger partial charge < -0.3 is 13.6 Å². The van der Waals surface area contributed by atoms with Crippen molar-refractivity contribution in [2.75, 3.05) is 25.2 Å². The molecule has 0 atom stereocenters. The van der Waals surface area contributed by atoms with Crippen molar-refractivity contribution in [3.63, 3.8) is 0 Å². The highest BCUT2D eigenvalue weighted by molar-refractivity contribution is 9.09. The zero-order valence-corrected chi connectivity index (χ0v) is 10.1. The Hall–Kier alpha value is 0.790. The summed E-state index contributed by atoms with van der Waals surface area (Å²) in [5.74, 6) is 0. The lowest BCUT2D eigenvalue weighted by atomic mass is 10.5. The van der Waals surface area contributed by atoms with Crippen molar-refractivity contribution in [3.05, 3.63) is 0 Å². The van der Waals surface area contributed by atoms with E-state index in [0.29, 0.717) is 19.8 Å². The molecule has 0 bridgehead atoms. The van der Waals surface area contributed by atoms with Crippen LogP contribution < -0.4 is 0 Å². The molecule has 0 saturated heterocycles. The molecule has 0 heterocycles. The Morgan fingerprint density at radius 1 is 1.08 bits per heavy atom. The maximum atomic E-state index is 5.35. The van der Waals surface area contributed by atoms with E-state index in [-0.39, 0.29) is 0 Å². The van der Waals surface area contributed by atoms with Gasteiger partial charge in [-0.15, -0.1) is 0 Å². The molecule has 12 heavy (non-hydrogen) atoms. The van der Waals surface area contributed by atoms with Crippen molar-refractivity contribution < 1.29 is 13.6 Å². The van der Waals surface area contributed by atoms with Gasteiger partial charge in [0.1, 0.15) is 0 Å². The van der Waals surface area contributed by atoms with Crippen LogP contribution in [-0.2, 0) is 13.6 Å². The summed E-state index contributed by atoms with van der Waals surface area (Å²) in [5.41, 5.74) is 0. The molecule has 3 nitrogen and oxygen atoms in total. The van der Waals surface area contributed by atoms with Crippen LogP contribution in [0.2, 0.25) is 0 Å². The SMILES string of the molecule is CCOP(OCC)OCCCBr. The predicted octanol–water partition coefficient (Wildman–Crippen LogP) is 3.09. The number of halogens is 1. The standard InChI is InChI=1S/C7H16BrO3P/c1-3-9-12(10-4-2)11-7-5-6-8/h3-7H2,1-2H3. The maximum Gasteiger partial charge on any atom is 0.332 e. The average molecular weight is 259 g/mol. The molecule has 0 saturated carbocycles. The summed E-state index contributed by atoms with van der Waals surface area (Å²) in [4.78, 5) is 0. The first-order chi connectivity index (χ1) is 5.85. The van der Waals surface area contributed by atoms with E-state index >= 15 is 0 Å². The van der Waals surface area contributed by atoms with Gasteiger partial charge in [-0.25, -0.2) is 0 Å². The molecular formula is C7H16BrO3P. The summed E-state index contributed by atoms with van der Waals surface area (Å²) < 4.78 is 15.8. The lowest BCUT2D eigenvalue weighted by molar-refractivity contribution is 0.171. The van der Waals surface area contributed by atoms with Crippen LogP contribution in [0.4, 0.5) is 0 Å². The van der Waals surface area contributed by atoms with E-state index in [1.165, 1.54) is 0 Å². The Labute approximate surface area is 83.9 Å². The lowest BCUT2D eigenvalue weighted by Crippen LogP contribution is -1.97.